The van der Waals surface area contributed by atoms with E-state index in [0.717, 1.165) is 6.07 Å². The van der Waals surface area contributed by atoms with Gasteiger partial charge in [-0.2, -0.15) is 0 Å². The Balaban J connectivity index is 1.91. The second kappa shape index (κ2) is 7.65. The molecule has 8 nitrogen and oxygen atoms in total. The van der Waals surface area contributed by atoms with Crippen LogP contribution in [0.1, 0.15) is 21.5 Å². The Hall–Kier alpha value is -3.46. The van der Waals surface area contributed by atoms with Gasteiger partial charge in [-0.3, -0.25) is 9.71 Å². The standard InChI is InChI=1S/C19H17N3O5S/c1-12-8-14(19(23)24)9-17(13(12)2)28(25,26)22-15-4-3-5-16(10-15)27-18-11-20-6-7-21-18/h3-11,22H,1-2H3,(H,23,24). The third-order valence-corrected chi connectivity index (χ3v) is 5.51. The number of carboxylic acids is 1. The first-order chi connectivity index (χ1) is 13.3. The van der Waals surface area contributed by atoms with E-state index in [1.807, 2.05) is 0 Å². The highest BCUT2D eigenvalue weighted by atomic mass is 32.2. The highest BCUT2D eigenvalue weighted by Crippen LogP contribution is 2.26. The lowest BCUT2D eigenvalue weighted by Gasteiger charge is -2.14. The summed E-state index contributed by atoms with van der Waals surface area (Å²) in [5.74, 6) is -0.560. The number of hydrogen-bond acceptors (Lipinski definition) is 6. The Labute approximate surface area is 161 Å². The van der Waals surface area contributed by atoms with Crippen LogP contribution in [0.2, 0.25) is 0 Å². The third kappa shape index (κ3) is 4.26. The van der Waals surface area contributed by atoms with Crippen LogP contribution < -0.4 is 9.46 Å². The van der Waals surface area contributed by atoms with Crippen LogP contribution in [0.5, 0.6) is 11.6 Å². The molecule has 0 aliphatic carbocycles. The van der Waals surface area contributed by atoms with Gasteiger partial charge in [0.15, 0.2) is 0 Å². The van der Waals surface area contributed by atoms with Gasteiger partial charge in [0.25, 0.3) is 10.0 Å². The fourth-order valence-corrected chi connectivity index (χ4v) is 3.92. The van der Waals surface area contributed by atoms with E-state index in [-0.39, 0.29) is 22.0 Å². The van der Waals surface area contributed by atoms with Crippen LogP contribution in [0.25, 0.3) is 0 Å². The Kier molecular flexibility index (Phi) is 5.27. The van der Waals surface area contributed by atoms with Gasteiger partial charge in [-0.25, -0.2) is 18.2 Å². The molecule has 2 N–H and O–H groups in total. The molecule has 0 aliphatic rings. The minimum Gasteiger partial charge on any atom is -0.478 e. The molecule has 0 unspecified atom stereocenters. The maximum atomic E-state index is 12.9. The number of sulfonamides is 1. The molecule has 0 bridgehead atoms. The number of ether oxygens (including phenoxy) is 1. The molecule has 0 fully saturated rings. The van der Waals surface area contributed by atoms with E-state index < -0.39 is 16.0 Å². The number of benzene rings is 2. The second-order valence-electron chi connectivity index (χ2n) is 6.00. The zero-order chi connectivity index (χ0) is 20.3. The van der Waals surface area contributed by atoms with Gasteiger partial charge in [-0.15, -0.1) is 0 Å². The molecule has 0 aliphatic heterocycles. The summed E-state index contributed by atoms with van der Waals surface area (Å²) in [5.41, 5.74) is 1.21. The molecule has 2 aromatic carbocycles. The lowest BCUT2D eigenvalue weighted by atomic mass is 10.1. The van der Waals surface area contributed by atoms with Gasteiger partial charge < -0.3 is 9.84 Å². The van der Waals surface area contributed by atoms with Crippen LogP contribution >= 0.6 is 0 Å². The SMILES string of the molecule is Cc1cc(C(=O)O)cc(S(=O)(=O)Nc2cccc(Oc3cnccn3)c2)c1C. The molecule has 0 saturated carbocycles. The number of carboxylic acid groups (broad SMARTS) is 1. The molecule has 1 aromatic heterocycles. The van der Waals surface area contributed by atoms with Gasteiger partial charge in [0, 0.05) is 18.5 Å². The normalized spacial score (nSPS) is 11.1. The van der Waals surface area contributed by atoms with Gasteiger partial charge >= 0.3 is 5.97 Å². The summed E-state index contributed by atoms with van der Waals surface area (Å²) in [6.45, 7) is 3.29. The Bertz CT molecular complexity index is 1130. The average Bonchev–Trinajstić information content (AvgIpc) is 2.64. The number of nitrogens with zero attached hydrogens (tertiary/aromatic N) is 2. The molecule has 3 rings (SSSR count). The topological polar surface area (TPSA) is 118 Å². The van der Waals surface area contributed by atoms with Crippen molar-refractivity contribution in [3.05, 3.63) is 71.7 Å². The average molecular weight is 399 g/mol. The number of carbonyl (C=O) groups is 1. The summed E-state index contributed by atoms with van der Waals surface area (Å²) in [4.78, 5) is 19.1. The molecular weight excluding hydrogens is 382 g/mol. The largest absolute Gasteiger partial charge is 0.478 e. The van der Waals surface area contributed by atoms with Gasteiger partial charge in [0.1, 0.15) is 5.75 Å². The van der Waals surface area contributed by atoms with Crippen LogP contribution in [-0.2, 0) is 10.0 Å². The minimum absolute atomic E-state index is 0.0925. The quantitative estimate of drug-likeness (QED) is 0.652. The first-order valence-electron chi connectivity index (χ1n) is 8.17. The van der Waals surface area contributed by atoms with Crippen molar-refractivity contribution in [1.82, 2.24) is 9.97 Å². The van der Waals surface area contributed by atoms with E-state index in [9.17, 15) is 18.3 Å². The number of aromatic nitrogens is 2. The van der Waals surface area contributed by atoms with Crippen LogP contribution in [0.15, 0.2) is 59.9 Å². The summed E-state index contributed by atoms with van der Waals surface area (Å²) in [5, 5.41) is 9.21. The molecule has 0 atom stereocenters. The van der Waals surface area contributed by atoms with Crippen molar-refractivity contribution in [2.75, 3.05) is 4.72 Å². The van der Waals surface area contributed by atoms with Crippen molar-refractivity contribution >= 4 is 21.7 Å². The molecule has 0 saturated heterocycles. The van der Waals surface area contributed by atoms with Crippen molar-refractivity contribution in [2.24, 2.45) is 0 Å². The number of nitrogens with one attached hydrogen (secondary N) is 1. The van der Waals surface area contributed by atoms with Crippen molar-refractivity contribution in [2.45, 2.75) is 18.7 Å². The minimum atomic E-state index is -4.01. The Morgan fingerprint density at radius 1 is 1.14 bits per heavy atom. The van der Waals surface area contributed by atoms with Crippen LogP contribution in [0.3, 0.4) is 0 Å². The lowest BCUT2D eigenvalue weighted by Crippen LogP contribution is -2.16. The summed E-state index contributed by atoms with van der Waals surface area (Å²) in [6.07, 6.45) is 4.41. The second-order valence-corrected chi connectivity index (χ2v) is 7.65. The van der Waals surface area contributed by atoms with Crippen molar-refractivity contribution < 1.29 is 23.1 Å². The first-order valence-corrected chi connectivity index (χ1v) is 9.66. The number of aryl methyl sites for hydroxylation is 1. The van der Waals surface area contributed by atoms with E-state index in [0.29, 0.717) is 16.9 Å². The zero-order valence-corrected chi connectivity index (χ0v) is 15.9. The van der Waals surface area contributed by atoms with Gasteiger partial charge in [-0.1, -0.05) is 6.07 Å². The molecule has 3 aromatic rings. The number of anilines is 1. The Morgan fingerprint density at radius 2 is 1.93 bits per heavy atom. The highest BCUT2D eigenvalue weighted by Gasteiger charge is 2.21. The van der Waals surface area contributed by atoms with E-state index in [1.165, 1.54) is 30.7 Å². The molecule has 1 heterocycles. The monoisotopic (exact) mass is 399 g/mol. The van der Waals surface area contributed by atoms with Crippen LogP contribution in [0, 0.1) is 13.8 Å². The first kappa shape index (κ1) is 19.3. The Morgan fingerprint density at radius 3 is 2.61 bits per heavy atom. The van der Waals surface area contributed by atoms with Gasteiger partial charge in [0.2, 0.25) is 5.88 Å². The van der Waals surface area contributed by atoms with Crippen molar-refractivity contribution in [3.8, 4) is 11.6 Å². The van der Waals surface area contributed by atoms with Gasteiger partial charge in [0.05, 0.1) is 22.3 Å². The molecule has 144 valence electrons. The van der Waals surface area contributed by atoms with Crippen LogP contribution in [-0.4, -0.2) is 29.5 Å². The summed E-state index contributed by atoms with van der Waals surface area (Å²) in [7, 11) is -4.01. The maximum Gasteiger partial charge on any atom is 0.335 e. The summed E-state index contributed by atoms with van der Waals surface area (Å²) in [6, 6.07) is 8.90. The van der Waals surface area contributed by atoms with Crippen molar-refractivity contribution in [1.29, 1.82) is 0 Å². The lowest BCUT2D eigenvalue weighted by molar-refractivity contribution is 0.0696. The van der Waals surface area contributed by atoms with Crippen molar-refractivity contribution in [3.63, 3.8) is 0 Å². The maximum absolute atomic E-state index is 12.9. The van der Waals surface area contributed by atoms with E-state index in [4.69, 9.17) is 4.74 Å². The number of rotatable bonds is 6. The molecule has 28 heavy (non-hydrogen) atoms. The summed E-state index contributed by atoms with van der Waals surface area (Å²) >= 11 is 0. The smallest absolute Gasteiger partial charge is 0.335 e. The fourth-order valence-electron chi connectivity index (χ4n) is 2.52. The molecular formula is C19H17N3O5S. The van der Waals surface area contributed by atoms with E-state index >= 15 is 0 Å². The molecule has 0 radical (unpaired) electrons. The summed E-state index contributed by atoms with van der Waals surface area (Å²) < 4.78 is 33.7. The van der Waals surface area contributed by atoms with Gasteiger partial charge in [-0.05, 0) is 49.2 Å². The van der Waals surface area contributed by atoms with E-state index in [2.05, 4.69) is 14.7 Å². The molecule has 0 amide bonds. The fraction of sp³-hybridized carbons (Fsp3) is 0.105. The number of aromatic carboxylic acids is 1. The number of hydrogen-bond donors (Lipinski definition) is 2. The molecule has 0 spiro atoms. The molecule has 9 heteroatoms. The van der Waals surface area contributed by atoms with Crippen LogP contribution in [0.4, 0.5) is 5.69 Å². The van der Waals surface area contributed by atoms with E-state index in [1.54, 1.807) is 32.0 Å². The highest BCUT2D eigenvalue weighted by molar-refractivity contribution is 7.92. The zero-order valence-electron chi connectivity index (χ0n) is 15.1. The predicted molar refractivity (Wildman–Crippen MR) is 102 cm³/mol. The predicted octanol–water partition coefficient (Wildman–Crippen LogP) is 3.38. The third-order valence-electron chi connectivity index (χ3n) is 4.00.